The number of pyridine rings is 1. The Morgan fingerprint density at radius 2 is 2.14 bits per heavy atom. The van der Waals surface area contributed by atoms with Crippen molar-refractivity contribution in [2.75, 3.05) is 45.8 Å². The molecule has 0 unspecified atom stereocenters. The van der Waals surface area contributed by atoms with Gasteiger partial charge in [0.05, 0.1) is 38.3 Å². The Labute approximate surface area is 210 Å². The van der Waals surface area contributed by atoms with E-state index in [2.05, 4.69) is 27.1 Å². The van der Waals surface area contributed by atoms with Crippen LogP contribution < -0.4 is 20.1 Å². The van der Waals surface area contributed by atoms with E-state index in [-0.39, 0.29) is 18.1 Å². The number of methoxy groups -OCH3 is 2. The van der Waals surface area contributed by atoms with Gasteiger partial charge in [-0.1, -0.05) is 6.08 Å². The third-order valence-electron chi connectivity index (χ3n) is 5.92. The summed E-state index contributed by atoms with van der Waals surface area (Å²) in [6.45, 7) is 4.79. The predicted octanol–water partition coefficient (Wildman–Crippen LogP) is 3.61. The average molecular weight is 501 g/mol. The van der Waals surface area contributed by atoms with Crippen molar-refractivity contribution in [3.8, 4) is 11.5 Å². The molecule has 2 N–H and O–H groups in total. The molecule has 1 aliphatic heterocycles. The number of anilines is 1. The van der Waals surface area contributed by atoms with Crippen LogP contribution >= 0.6 is 0 Å². The number of aromatic nitrogens is 1. The van der Waals surface area contributed by atoms with Crippen molar-refractivity contribution in [2.24, 2.45) is 0 Å². The number of carbonyl (C=O) groups excluding carboxylic acids is 2. The second-order valence-electron chi connectivity index (χ2n) is 8.41. The number of likely N-dealkylation sites (tertiary alicyclic amines) is 1. The number of alkyl halides is 1. The van der Waals surface area contributed by atoms with Crippen LogP contribution in [0.1, 0.15) is 28.8 Å². The summed E-state index contributed by atoms with van der Waals surface area (Å²) in [5.41, 5.74) is 1.66. The number of halogens is 1. The maximum atomic E-state index is 13.1. The van der Waals surface area contributed by atoms with Gasteiger partial charge in [0.2, 0.25) is 0 Å². The van der Waals surface area contributed by atoms with Crippen LogP contribution in [0.3, 0.4) is 0 Å². The molecule has 2 aromatic rings. The molecule has 36 heavy (non-hydrogen) atoms. The number of benzene rings is 1. The molecule has 194 valence electrons. The number of hydrogen-bond acceptors (Lipinski definition) is 7. The van der Waals surface area contributed by atoms with E-state index < -0.39 is 12.8 Å². The molecule has 2 atom stereocenters. The lowest BCUT2D eigenvalue weighted by molar-refractivity contribution is 0.0937. The second kappa shape index (κ2) is 13.4. The third kappa shape index (κ3) is 7.17. The van der Waals surface area contributed by atoms with Crippen molar-refractivity contribution < 1.29 is 28.2 Å². The zero-order valence-corrected chi connectivity index (χ0v) is 20.7. The lowest BCUT2D eigenvalue weighted by Gasteiger charge is -2.23. The fourth-order valence-corrected chi connectivity index (χ4v) is 4.27. The summed E-state index contributed by atoms with van der Waals surface area (Å²) in [5, 5.41) is 5.63. The number of ether oxygens (including phenoxy) is 3. The number of nitrogens with one attached hydrogen (secondary N) is 2. The van der Waals surface area contributed by atoms with Crippen LogP contribution in [-0.2, 0) is 11.2 Å². The van der Waals surface area contributed by atoms with Gasteiger partial charge >= 0.3 is 6.09 Å². The molecule has 9 nitrogen and oxygen atoms in total. The number of carbonyl (C=O) groups is 2. The first-order chi connectivity index (χ1) is 17.5. The monoisotopic (exact) mass is 500 g/mol. The molecule has 1 fully saturated rings. The van der Waals surface area contributed by atoms with Gasteiger partial charge in [0, 0.05) is 38.3 Å². The van der Waals surface area contributed by atoms with Gasteiger partial charge in [0.15, 0.2) is 11.5 Å². The highest BCUT2D eigenvalue weighted by molar-refractivity contribution is 5.98. The summed E-state index contributed by atoms with van der Waals surface area (Å²) < 4.78 is 29.1. The Balaban J connectivity index is 1.64. The van der Waals surface area contributed by atoms with Crippen molar-refractivity contribution in [1.29, 1.82) is 0 Å². The summed E-state index contributed by atoms with van der Waals surface area (Å²) in [7, 11) is 2.96. The first-order valence-corrected chi connectivity index (χ1v) is 11.8. The molecule has 1 aromatic heterocycles. The SMILES string of the molecule is C=CCN1C[C@H](OC(=O)Nc2cccnc2)C[C@H]1CNC(=O)c1cc(CCCF)cc(OC)c1OC. The quantitative estimate of drug-likeness (QED) is 0.429. The molecule has 2 amide bonds. The average Bonchev–Trinajstić information content (AvgIpc) is 3.26. The molecular formula is C26H33FN4O5. The smallest absolute Gasteiger partial charge is 0.411 e. The molecule has 0 bridgehead atoms. The molecule has 0 saturated carbocycles. The third-order valence-corrected chi connectivity index (χ3v) is 5.92. The van der Waals surface area contributed by atoms with Gasteiger partial charge in [0.1, 0.15) is 6.10 Å². The predicted molar refractivity (Wildman–Crippen MR) is 134 cm³/mol. The number of hydrogen-bond donors (Lipinski definition) is 2. The number of rotatable bonds is 12. The molecule has 1 aromatic carbocycles. The summed E-state index contributed by atoms with van der Waals surface area (Å²) in [5.74, 6) is 0.410. The van der Waals surface area contributed by atoms with Gasteiger partial charge in [-0.05, 0) is 42.7 Å². The normalized spacial score (nSPS) is 17.3. The summed E-state index contributed by atoms with van der Waals surface area (Å²) in [4.78, 5) is 31.5. The van der Waals surface area contributed by atoms with Crippen molar-refractivity contribution in [3.05, 3.63) is 60.4 Å². The maximum Gasteiger partial charge on any atom is 0.411 e. The minimum Gasteiger partial charge on any atom is -0.493 e. The minimum absolute atomic E-state index is 0.0641. The number of aryl methyl sites for hydroxylation is 1. The van der Waals surface area contributed by atoms with E-state index in [1.165, 1.54) is 20.4 Å². The fourth-order valence-electron chi connectivity index (χ4n) is 4.27. The molecular weight excluding hydrogens is 467 g/mol. The van der Waals surface area contributed by atoms with Crippen LogP contribution in [0, 0.1) is 0 Å². The van der Waals surface area contributed by atoms with Crippen molar-refractivity contribution in [1.82, 2.24) is 15.2 Å². The van der Waals surface area contributed by atoms with Gasteiger partial charge < -0.3 is 19.5 Å². The Hall–Kier alpha value is -3.66. The first-order valence-electron chi connectivity index (χ1n) is 11.8. The van der Waals surface area contributed by atoms with Crippen LogP contribution in [-0.4, -0.2) is 74.6 Å². The molecule has 3 rings (SSSR count). The molecule has 2 heterocycles. The zero-order chi connectivity index (χ0) is 25.9. The van der Waals surface area contributed by atoms with Crippen LogP contribution in [0.2, 0.25) is 0 Å². The maximum absolute atomic E-state index is 13.1. The number of amides is 2. The Kier molecular flexibility index (Phi) is 10.1. The van der Waals surface area contributed by atoms with E-state index in [9.17, 15) is 14.0 Å². The highest BCUT2D eigenvalue weighted by Crippen LogP contribution is 2.33. The largest absolute Gasteiger partial charge is 0.493 e. The van der Waals surface area contributed by atoms with E-state index >= 15 is 0 Å². The highest BCUT2D eigenvalue weighted by atomic mass is 19.1. The van der Waals surface area contributed by atoms with E-state index in [4.69, 9.17) is 14.2 Å². The minimum atomic E-state index is -0.557. The topological polar surface area (TPSA) is 102 Å². The standard InChI is InChI=1S/C26H33FN4O5/c1-4-11-31-17-21(36-26(33)30-19-8-6-10-28-15-19)14-20(31)16-29-25(32)22-12-18(7-5-9-27)13-23(34-2)24(22)35-3/h4,6,8,10,12-13,15,20-21H,1,5,7,9,11,14,16-17H2,2-3H3,(H,29,32)(H,30,33)/t20-,21+/m0/s1. The van der Waals surface area contributed by atoms with Crippen molar-refractivity contribution in [2.45, 2.75) is 31.4 Å². The van der Waals surface area contributed by atoms with Gasteiger partial charge in [0.25, 0.3) is 5.91 Å². The van der Waals surface area contributed by atoms with E-state index in [1.54, 1.807) is 36.5 Å². The molecule has 1 aliphatic rings. The van der Waals surface area contributed by atoms with Gasteiger partial charge in [-0.2, -0.15) is 0 Å². The van der Waals surface area contributed by atoms with Crippen molar-refractivity contribution in [3.63, 3.8) is 0 Å². The highest BCUT2D eigenvalue weighted by Gasteiger charge is 2.34. The molecule has 0 radical (unpaired) electrons. The molecule has 10 heteroatoms. The Morgan fingerprint density at radius 1 is 1.31 bits per heavy atom. The van der Waals surface area contributed by atoms with E-state index in [0.29, 0.717) is 61.6 Å². The second-order valence-corrected chi connectivity index (χ2v) is 8.41. The van der Waals surface area contributed by atoms with E-state index in [1.807, 2.05) is 0 Å². The number of nitrogens with zero attached hydrogens (tertiary/aromatic N) is 2. The summed E-state index contributed by atoms with van der Waals surface area (Å²) in [6.07, 6.45) is 5.40. The van der Waals surface area contributed by atoms with Crippen molar-refractivity contribution >= 4 is 17.7 Å². The van der Waals surface area contributed by atoms with Crippen LogP contribution in [0.15, 0.2) is 49.3 Å². The van der Waals surface area contributed by atoms with Gasteiger partial charge in [-0.15, -0.1) is 6.58 Å². The Morgan fingerprint density at radius 3 is 2.81 bits per heavy atom. The van der Waals surface area contributed by atoms with Crippen LogP contribution in [0.4, 0.5) is 14.9 Å². The molecule has 0 aliphatic carbocycles. The zero-order valence-electron chi connectivity index (χ0n) is 20.7. The summed E-state index contributed by atoms with van der Waals surface area (Å²) >= 11 is 0. The molecule has 0 spiro atoms. The summed E-state index contributed by atoms with van der Waals surface area (Å²) in [6, 6.07) is 6.84. The lowest BCUT2D eigenvalue weighted by atomic mass is 10.0. The molecule has 1 saturated heterocycles. The van der Waals surface area contributed by atoms with Gasteiger partial charge in [-0.3, -0.25) is 24.4 Å². The van der Waals surface area contributed by atoms with Crippen LogP contribution in [0.25, 0.3) is 0 Å². The van der Waals surface area contributed by atoms with Crippen LogP contribution in [0.5, 0.6) is 11.5 Å². The van der Waals surface area contributed by atoms with Gasteiger partial charge in [-0.25, -0.2) is 4.79 Å². The lowest BCUT2D eigenvalue weighted by Crippen LogP contribution is -2.40. The fraction of sp³-hybridized carbons (Fsp3) is 0.423. The Bertz CT molecular complexity index is 1040. The first kappa shape index (κ1) is 26.9. The van der Waals surface area contributed by atoms with E-state index in [0.717, 1.165) is 5.56 Å².